The molecule has 0 spiro atoms. The first kappa shape index (κ1) is 13.6. The molecule has 1 aliphatic heterocycles. The molecular formula is C17H16N4O3. The number of hydrogen-bond donors (Lipinski definition) is 1. The molecule has 0 amide bonds. The number of hydrogen-bond acceptors (Lipinski definition) is 6. The molecular weight excluding hydrogens is 308 g/mol. The SMILES string of the molecule is C[C@@H]1CCc2[nH]nc(-c3nc(-c4ccc5c(c4)OCO5)no3)c2C1. The maximum Gasteiger partial charge on any atom is 0.279 e. The van der Waals surface area contributed by atoms with E-state index in [4.69, 9.17) is 14.0 Å². The van der Waals surface area contributed by atoms with Crippen molar-refractivity contribution in [1.29, 1.82) is 0 Å². The number of nitrogens with one attached hydrogen (secondary N) is 1. The van der Waals surface area contributed by atoms with Crippen molar-refractivity contribution in [2.75, 3.05) is 6.79 Å². The summed E-state index contributed by atoms with van der Waals surface area (Å²) in [7, 11) is 0. The predicted octanol–water partition coefficient (Wildman–Crippen LogP) is 2.98. The Bertz CT molecular complexity index is 914. The van der Waals surface area contributed by atoms with E-state index in [0.29, 0.717) is 23.4 Å². The third-order valence-corrected chi connectivity index (χ3v) is 4.65. The number of H-pyrrole nitrogens is 1. The lowest BCUT2D eigenvalue weighted by molar-refractivity contribution is 0.174. The van der Waals surface area contributed by atoms with Crippen LogP contribution in [0.5, 0.6) is 11.5 Å². The first-order chi connectivity index (χ1) is 11.8. The summed E-state index contributed by atoms with van der Waals surface area (Å²) in [4.78, 5) is 4.52. The molecule has 2 aromatic heterocycles. The van der Waals surface area contributed by atoms with Crippen LogP contribution in [0.3, 0.4) is 0 Å². The van der Waals surface area contributed by atoms with E-state index in [1.807, 2.05) is 18.2 Å². The monoisotopic (exact) mass is 324 g/mol. The van der Waals surface area contributed by atoms with Crippen molar-refractivity contribution in [3.05, 3.63) is 29.5 Å². The molecule has 5 rings (SSSR count). The zero-order chi connectivity index (χ0) is 16.1. The molecule has 3 aromatic rings. The van der Waals surface area contributed by atoms with E-state index >= 15 is 0 Å². The minimum atomic E-state index is 0.244. The van der Waals surface area contributed by atoms with Crippen LogP contribution in [0.2, 0.25) is 0 Å². The lowest BCUT2D eigenvalue weighted by atomic mass is 9.88. The van der Waals surface area contributed by atoms with Gasteiger partial charge in [-0.2, -0.15) is 10.1 Å². The van der Waals surface area contributed by atoms with Gasteiger partial charge >= 0.3 is 0 Å². The van der Waals surface area contributed by atoms with Gasteiger partial charge in [0.2, 0.25) is 12.6 Å². The number of nitrogens with zero attached hydrogens (tertiary/aromatic N) is 3. The van der Waals surface area contributed by atoms with Gasteiger partial charge in [-0.1, -0.05) is 12.1 Å². The first-order valence-electron chi connectivity index (χ1n) is 8.08. The molecule has 1 aliphatic carbocycles. The number of benzene rings is 1. The minimum Gasteiger partial charge on any atom is -0.454 e. The van der Waals surface area contributed by atoms with E-state index in [-0.39, 0.29) is 6.79 Å². The number of ether oxygens (including phenoxy) is 2. The van der Waals surface area contributed by atoms with Crippen molar-refractivity contribution in [1.82, 2.24) is 20.3 Å². The molecule has 0 unspecified atom stereocenters. The molecule has 7 heteroatoms. The molecule has 7 nitrogen and oxygen atoms in total. The zero-order valence-corrected chi connectivity index (χ0v) is 13.2. The number of rotatable bonds is 2. The highest BCUT2D eigenvalue weighted by atomic mass is 16.7. The average Bonchev–Trinajstić information content (AvgIpc) is 3.32. The van der Waals surface area contributed by atoms with Crippen molar-refractivity contribution < 1.29 is 14.0 Å². The van der Waals surface area contributed by atoms with Crippen LogP contribution in [-0.4, -0.2) is 27.1 Å². The van der Waals surface area contributed by atoms with Crippen LogP contribution in [0.25, 0.3) is 23.0 Å². The maximum absolute atomic E-state index is 5.47. The fourth-order valence-corrected chi connectivity index (χ4v) is 3.32. The van der Waals surface area contributed by atoms with Gasteiger partial charge in [-0.15, -0.1) is 0 Å². The summed E-state index contributed by atoms with van der Waals surface area (Å²) in [6.07, 6.45) is 3.19. The van der Waals surface area contributed by atoms with Crippen LogP contribution >= 0.6 is 0 Å². The Morgan fingerprint density at radius 2 is 2.12 bits per heavy atom. The lowest BCUT2D eigenvalue weighted by Crippen LogP contribution is -2.10. The highest BCUT2D eigenvalue weighted by molar-refractivity contribution is 5.64. The van der Waals surface area contributed by atoms with Gasteiger partial charge in [0.1, 0.15) is 0 Å². The predicted molar refractivity (Wildman–Crippen MR) is 84.6 cm³/mol. The van der Waals surface area contributed by atoms with E-state index in [1.54, 1.807) is 0 Å². The van der Waals surface area contributed by atoms with Crippen molar-refractivity contribution in [3.63, 3.8) is 0 Å². The Labute approximate surface area is 138 Å². The third kappa shape index (κ3) is 2.08. The van der Waals surface area contributed by atoms with Crippen molar-refractivity contribution >= 4 is 0 Å². The summed E-state index contributed by atoms with van der Waals surface area (Å²) in [5.41, 5.74) is 3.99. The summed E-state index contributed by atoms with van der Waals surface area (Å²) >= 11 is 0. The van der Waals surface area contributed by atoms with E-state index < -0.39 is 0 Å². The van der Waals surface area contributed by atoms with E-state index in [1.165, 1.54) is 17.7 Å². The smallest absolute Gasteiger partial charge is 0.279 e. The maximum atomic E-state index is 5.47. The second kappa shape index (κ2) is 5.09. The minimum absolute atomic E-state index is 0.244. The fraction of sp³-hybridized carbons (Fsp3) is 0.353. The van der Waals surface area contributed by atoms with Crippen LogP contribution in [0, 0.1) is 5.92 Å². The molecule has 1 aromatic carbocycles. The largest absolute Gasteiger partial charge is 0.454 e. The number of fused-ring (bicyclic) bond motifs is 2. The molecule has 0 fully saturated rings. The van der Waals surface area contributed by atoms with E-state index in [2.05, 4.69) is 27.3 Å². The molecule has 0 radical (unpaired) electrons. The summed E-state index contributed by atoms with van der Waals surface area (Å²) in [5.74, 6) is 3.05. The van der Waals surface area contributed by atoms with E-state index in [9.17, 15) is 0 Å². The van der Waals surface area contributed by atoms with Crippen LogP contribution in [0.1, 0.15) is 24.6 Å². The highest BCUT2D eigenvalue weighted by Crippen LogP contribution is 2.36. The standard InChI is InChI=1S/C17H16N4O3/c1-9-2-4-12-11(6-9)15(20-19-12)17-18-16(21-24-17)10-3-5-13-14(7-10)23-8-22-13/h3,5,7,9H,2,4,6,8H2,1H3,(H,19,20)/t9-/m1/s1. The van der Waals surface area contributed by atoms with Gasteiger partial charge < -0.3 is 14.0 Å². The molecule has 1 atom stereocenters. The summed E-state index contributed by atoms with van der Waals surface area (Å²) in [6.45, 7) is 2.50. The highest BCUT2D eigenvalue weighted by Gasteiger charge is 2.25. The third-order valence-electron chi connectivity index (χ3n) is 4.65. The number of aromatic nitrogens is 4. The van der Waals surface area contributed by atoms with Crippen LogP contribution in [0.4, 0.5) is 0 Å². The second-order valence-electron chi connectivity index (χ2n) is 6.37. The Morgan fingerprint density at radius 1 is 1.21 bits per heavy atom. The molecule has 122 valence electrons. The molecule has 0 saturated heterocycles. The summed E-state index contributed by atoms with van der Waals surface area (Å²) < 4.78 is 16.2. The molecule has 24 heavy (non-hydrogen) atoms. The van der Waals surface area contributed by atoms with Crippen molar-refractivity contribution in [3.8, 4) is 34.5 Å². The molecule has 0 bridgehead atoms. The van der Waals surface area contributed by atoms with Gasteiger partial charge in [-0.3, -0.25) is 5.10 Å². The van der Waals surface area contributed by atoms with Crippen molar-refractivity contribution in [2.24, 2.45) is 5.92 Å². The van der Waals surface area contributed by atoms with Gasteiger partial charge in [0.05, 0.1) is 0 Å². The first-order valence-corrected chi connectivity index (χ1v) is 8.08. The quantitative estimate of drug-likeness (QED) is 0.780. The summed E-state index contributed by atoms with van der Waals surface area (Å²) in [5, 5.41) is 11.6. The summed E-state index contributed by atoms with van der Waals surface area (Å²) in [6, 6.07) is 5.61. The van der Waals surface area contributed by atoms with Crippen molar-refractivity contribution in [2.45, 2.75) is 26.2 Å². The topological polar surface area (TPSA) is 86.1 Å². The molecule has 2 aliphatic rings. The Morgan fingerprint density at radius 3 is 3.08 bits per heavy atom. The normalized spacial score (nSPS) is 18.6. The van der Waals surface area contributed by atoms with Gasteiger partial charge in [0.25, 0.3) is 5.89 Å². The average molecular weight is 324 g/mol. The molecule has 1 N–H and O–H groups in total. The van der Waals surface area contributed by atoms with E-state index in [0.717, 1.165) is 29.8 Å². The van der Waals surface area contributed by atoms with Crippen LogP contribution < -0.4 is 9.47 Å². The van der Waals surface area contributed by atoms with Crippen LogP contribution in [0.15, 0.2) is 22.7 Å². The Balaban J connectivity index is 1.51. The second-order valence-corrected chi connectivity index (χ2v) is 6.37. The van der Waals surface area contributed by atoms with Gasteiger partial charge in [0.15, 0.2) is 17.2 Å². The fourth-order valence-electron chi connectivity index (χ4n) is 3.32. The zero-order valence-electron chi connectivity index (χ0n) is 13.2. The van der Waals surface area contributed by atoms with Gasteiger partial charge in [-0.25, -0.2) is 0 Å². The molecule has 3 heterocycles. The number of aromatic amines is 1. The molecule has 0 saturated carbocycles. The van der Waals surface area contributed by atoms with Crippen LogP contribution in [-0.2, 0) is 12.8 Å². The Kier molecular flexibility index (Phi) is 2.88. The Hall–Kier alpha value is -2.83. The van der Waals surface area contributed by atoms with Gasteiger partial charge in [-0.05, 0) is 43.4 Å². The number of aryl methyl sites for hydroxylation is 1. The lowest BCUT2D eigenvalue weighted by Gasteiger charge is -2.17. The van der Waals surface area contributed by atoms with Gasteiger partial charge in [0, 0.05) is 16.8 Å².